The molecule has 1 aliphatic carbocycles. The summed E-state index contributed by atoms with van der Waals surface area (Å²) in [5, 5.41) is 8.70. The molecule has 0 heterocycles. The zero-order valence-electron chi connectivity index (χ0n) is 7.96. The number of hydrogen-bond acceptors (Lipinski definition) is 1. The molecule has 1 aromatic carbocycles. The molecule has 80 valence electrons. The van der Waals surface area contributed by atoms with E-state index in [4.69, 9.17) is 5.11 Å². The minimum atomic E-state index is -0.933. The molecule has 1 fully saturated rings. The number of carboxylic acids is 1. The monoisotopic (exact) mass is 212 g/mol. The first-order valence-electron chi connectivity index (χ1n) is 4.70. The van der Waals surface area contributed by atoms with Crippen LogP contribution in [0, 0.1) is 11.6 Å². The average Bonchev–Trinajstić information content (AvgIpc) is 2.82. The zero-order chi connectivity index (χ0) is 11.1. The summed E-state index contributed by atoms with van der Waals surface area (Å²) in [7, 11) is 0. The summed E-state index contributed by atoms with van der Waals surface area (Å²) in [5.74, 6) is -2.24. The van der Waals surface area contributed by atoms with Gasteiger partial charge in [-0.05, 0) is 30.5 Å². The Bertz CT molecular complexity index is 391. The predicted octanol–water partition coefficient (Wildman–Crippen LogP) is 2.47. The fourth-order valence-electron chi connectivity index (χ4n) is 1.87. The maximum absolute atomic E-state index is 12.9. The third-order valence-electron chi connectivity index (χ3n) is 2.82. The molecule has 1 saturated carbocycles. The Morgan fingerprint density at radius 1 is 1.27 bits per heavy atom. The van der Waals surface area contributed by atoms with Crippen LogP contribution >= 0.6 is 0 Å². The van der Waals surface area contributed by atoms with Gasteiger partial charge in [-0.25, -0.2) is 8.78 Å². The molecule has 0 spiro atoms. The van der Waals surface area contributed by atoms with Crippen LogP contribution in [-0.2, 0) is 10.2 Å². The van der Waals surface area contributed by atoms with Crippen molar-refractivity contribution in [2.45, 2.75) is 24.7 Å². The molecule has 1 aromatic rings. The van der Waals surface area contributed by atoms with Gasteiger partial charge in [0.2, 0.25) is 0 Å². The normalized spacial score (nSPS) is 17.5. The van der Waals surface area contributed by atoms with Gasteiger partial charge in [-0.3, -0.25) is 4.79 Å². The molecule has 0 amide bonds. The molecule has 2 nitrogen and oxygen atoms in total. The van der Waals surface area contributed by atoms with Crippen molar-refractivity contribution in [2.24, 2.45) is 0 Å². The summed E-state index contributed by atoms with van der Waals surface area (Å²) in [6.07, 6.45) is 1.31. The van der Waals surface area contributed by atoms with Gasteiger partial charge in [0.15, 0.2) is 0 Å². The van der Waals surface area contributed by atoms with Crippen molar-refractivity contribution in [2.75, 3.05) is 0 Å². The highest BCUT2D eigenvalue weighted by molar-refractivity contribution is 5.70. The van der Waals surface area contributed by atoms with Crippen LogP contribution < -0.4 is 0 Å². The molecule has 1 N–H and O–H groups in total. The van der Waals surface area contributed by atoms with Gasteiger partial charge in [-0.15, -0.1) is 0 Å². The topological polar surface area (TPSA) is 37.3 Å². The lowest BCUT2D eigenvalue weighted by molar-refractivity contribution is -0.137. The van der Waals surface area contributed by atoms with Crippen molar-refractivity contribution in [3.05, 3.63) is 35.4 Å². The molecule has 0 bridgehead atoms. The van der Waals surface area contributed by atoms with E-state index in [9.17, 15) is 13.6 Å². The SMILES string of the molecule is O=C(O)CC1(c2cc(F)cc(F)c2)CC1. The smallest absolute Gasteiger partial charge is 0.304 e. The Morgan fingerprint density at radius 2 is 1.80 bits per heavy atom. The van der Waals surface area contributed by atoms with E-state index in [1.165, 1.54) is 12.1 Å². The quantitative estimate of drug-likeness (QED) is 0.835. The lowest BCUT2D eigenvalue weighted by Crippen LogP contribution is -2.13. The van der Waals surface area contributed by atoms with Crippen LogP contribution in [-0.4, -0.2) is 11.1 Å². The van der Waals surface area contributed by atoms with Crippen LogP contribution in [0.3, 0.4) is 0 Å². The van der Waals surface area contributed by atoms with E-state index >= 15 is 0 Å². The van der Waals surface area contributed by atoms with Gasteiger partial charge in [-0.2, -0.15) is 0 Å². The van der Waals surface area contributed by atoms with Crippen LogP contribution in [0.25, 0.3) is 0 Å². The molecule has 0 atom stereocenters. The van der Waals surface area contributed by atoms with Crippen molar-refractivity contribution < 1.29 is 18.7 Å². The Labute approximate surface area is 85.5 Å². The van der Waals surface area contributed by atoms with Gasteiger partial charge in [0.1, 0.15) is 11.6 Å². The predicted molar refractivity (Wildman–Crippen MR) is 49.5 cm³/mol. The van der Waals surface area contributed by atoms with Crippen molar-refractivity contribution in [1.29, 1.82) is 0 Å². The van der Waals surface area contributed by atoms with Crippen LogP contribution in [0.15, 0.2) is 18.2 Å². The molecule has 2 rings (SSSR count). The molecular formula is C11H10F2O2. The highest BCUT2D eigenvalue weighted by Crippen LogP contribution is 2.51. The van der Waals surface area contributed by atoms with Crippen LogP contribution in [0.5, 0.6) is 0 Å². The first kappa shape index (κ1) is 10.1. The van der Waals surface area contributed by atoms with Crippen molar-refractivity contribution >= 4 is 5.97 Å². The van der Waals surface area contributed by atoms with E-state index in [1.807, 2.05) is 0 Å². The number of benzene rings is 1. The lowest BCUT2D eigenvalue weighted by atomic mass is 9.92. The minimum absolute atomic E-state index is 0.0596. The minimum Gasteiger partial charge on any atom is -0.481 e. The molecular weight excluding hydrogens is 202 g/mol. The molecule has 1 aliphatic rings. The number of carboxylic acid groups (broad SMARTS) is 1. The summed E-state index contributed by atoms with van der Waals surface area (Å²) < 4.78 is 25.9. The zero-order valence-corrected chi connectivity index (χ0v) is 7.96. The summed E-state index contributed by atoms with van der Waals surface area (Å²) >= 11 is 0. The number of rotatable bonds is 3. The van der Waals surface area contributed by atoms with Gasteiger partial charge < -0.3 is 5.11 Å². The van der Waals surface area contributed by atoms with Gasteiger partial charge in [0, 0.05) is 11.5 Å². The molecule has 0 radical (unpaired) electrons. The molecule has 15 heavy (non-hydrogen) atoms. The number of aliphatic carboxylic acids is 1. The fourth-order valence-corrected chi connectivity index (χ4v) is 1.87. The summed E-state index contributed by atoms with van der Waals surface area (Å²) in [5.41, 5.74) is -0.0724. The second kappa shape index (κ2) is 3.29. The Hall–Kier alpha value is -1.45. The van der Waals surface area contributed by atoms with Gasteiger partial charge in [0.25, 0.3) is 0 Å². The fraction of sp³-hybridized carbons (Fsp3) is 0.364. The summed E-state index contributed by atoms with van der Waals surface area (Å²) in [4.78, 5) is 10.6. The van der Waals surface area contributed by atoms with Crippen LogP contribution in [0.1, 0.15) is 24.8 Å². The van der Waals surface area contributed by atoms with Crippen molar-refractivity contribution in [3.63, 3.8) is 0 Å². The standard InChI is InChI=1S/C11H10F2O2/c12-8-3-7(4-9(13)5-8)11(1-2-11)6-10(14)15/h3-5H,1-2,6H2,(H,14,15). The van der Waals surface area contributed by atoms with E-state index < -0.39 is 23.0 Å². The summed E-state index contributed by atoms with van der Waals surface area (Å²) in [6, 6.07) is 3.23. The van der Waals surface area contributed by atoms with Gasteiger partial charge >= 0.3 is 5.97 Å². The maximum atomic E-state index is 12.9. The first-order valence-corrected chi connectivity index (χ1v) is 4.70. The van der Waals surface area contributed by atoms with E-state index in [0.717, 1.165) is 6.07 Å². The highest BCUT2D eigenvalue weighted by atomic mass is 19.1. The Balaban J connectivity index is 2.32. The van der Waals surface area contributed by atoms with Crippen molar-refractivity contribution in [3.8, 4) is 0 Å². The van der Waals surface area contributed by atoms with Crippen molar-refractivity contribution in [1.82, 2.24) is 0 Å². The third-order valence-corrected chi connectivity index (χ3v) is 2.82. The highest BCUT2D eigenvalue weighted by Gasteiger charge is 2.46. The van der Waals surface area contributed by atoms with E-state index in [1.54, 1.807) is 0 Å². The largest absolute Gasteiger partial charge is 0.481 e. The van der Waals surface area contributed by atoms with E-state index in [-0.39, 0.29) is 6.42 Å². The Morgan fingerprint density at radius 3 is 2.20 bits per heavy atom. The number of hydrogen-bond donors (Lipinski definition) is 1. The second-order valence-electron chi connectivity index (χ2n) is 4.01. The molecule has 4 heteroatoms. The lowest BCUT2D eigenvalue weighted by Gasteiger charge is -2.12. The molecule has 0 unspecified atom stereocenters. The van der Waals surface area contributed by atoms with Gasteiger partial charge in [-0.1, -0.05) is 0 Å². The van der Waals surface area contributed by atoms with Gasteiger partial charge in [0.05, 0.1) is 6.42 Å². The average molecular weight is 212 g/mol. The molecule has 0 aliphatic heterocycles. The first-order chi connectivity index (χ1) is 7.02. The third kappa shape index (κ3) is 1.98. The molecule has 0 saturated heterocycles. The Kier molecular flexibility index (Phi) is 2.21. The summed E-state index contributed by atoms with van der Waals surface area (Å²) in [6.45, 7) is 0. The van der Waals surface area contributed by atoms with E-state index in [2.05, 4.69) is 0 Å². The van der Waals surface area contributed by atoms with Crippen LogP contribution in [0.4, 0.5) is 8.78 Å². The molecule has 0 aromatic heterocycles. The van der Waals surface area contributed by atoms with Crippen LogP contribution in [0.2, 0.25) is 0 Å². The second-order valence-corrected chi connectivity index (χ2v) is 4.01. The number of carbonyl (C=O) groups is 1. The maximum Gasteiger partial charge on any atom is 0.304 e. The number of halogens is 2. The van der Waals surface area contributed by atoms with E-state index in [0.29, 0.717) is 18.4 Å².